The van der Waals surface area contributed by atoms with E-state index in [9.17, 15) is 18.0 Å². The summed E-state index contributed by atoms with van der Waals surface area (Å²) in [5.41, 5.74) is 0.590. The van der Waals surface area contributed by atoms with Gasteiger partial charge in [0.2, 0.25) is 0 Å². The average Bonchev–Trinajstić information content (AvgIpc) is 2.96. The van der Waals surface area contributed by atoms with Crippen molar-refractivity contribution in [2.75, 3.05) is 24.7 Å². The summed E-state index contributed by atoms with van der Waals surface area (Å²) in [7, 11) is -3.12. The van der Waals surface area contributed by atoms with Crippen LogP contribution in [-0.4, -0.2) is 55.9 Å². The lowest BCUT2D eigenvalue weighted by Crippen LogP contribution is -2.45. The highest BCUT2D eigenvalue weighted by molar-refractivity contribution is 7.91. The molecule has 28 heavy (non-hydrogen) atoms. The molecule has 1 amide bonds. The zero-order valence-corrected chi connectivity index (χ0v) is 18.1. The minimum Gasteiger partial charge on any atom is -0.452 e. The molecule has 0 aliphatic carbocycles. The van der Waals surface area contributed by atoms with Gasteiger partial charge < -0.3 is 9.64 Å². The van der Waals surface area contributed by atoms with Crippen LogP contribution in [0.2, 0.25) is 10.0 Å². The van der Waals surface area contributed by atoms with Gasteiger partial charge in [0.15, 0.2) is 16.4 Å². The highest BCUT2D eigenvalue weighted by atomic mass is 35.5. The molecule has 0 spiro atoms. The molecule has 1 aliphatic rings. The van der Waals surface area contributed by atoms with Crippen molar-refractivity contribution in [2.45, 2.75) is 26.3 Å². The Bertz CT molecular complexity index is 867. The van der Waals surface area contributed by atoms with Crippen molar-refractivity contribution in [3.63, 3.8) is 0 Å². The molecule has 0 bridgehead atoms. The van der Waals surface area contributed by atoms with Gasteiger partial charge in [0, 0.05) is 28.7 Å². The van der Waals surface area contributed by atoms with E-state index in [-0.39, 0.29) is 23.5 Å². The van der Waals surface area contributed by atoms with Crippen molar-refractivity contribution in [1.29, 1.82) is 0 Å². The fourth-order valence-electron chi connectivity index (χ4n) is 2.93. The summed E-state index contributed by atoms with van der Waals surface area (Å²) >= 11 is 11.8. The second kappa shape index (κ2) is 9.76. The number of esters is 1. The number of nitrogens with zero attached hydrogens (tertiary/aromatic N) is 1. The van der Waals surface area contributed by atoms with E-state index in [2.05, 4.69) is 0 Å². The number of ether oxygens (including phenoxy) is 1. The summed E-state index contributed by atoms with van der Waals surface area (Å²) in [4.78, 5) is 26.0. The van der Waals surface area contributed by atoms with E-state index in [1.807, 2.05) is 13.8 Å². The van der Waals surface area contributed by atoms with Crippen molar-refractivity contribution in [2.24, 2.45) is 5.92 Å². The van der Waals surface area contributed by atoms with Crippen LogP contribution in [0, 0.1) is 5.92 Å². The lowest BCUT2D eigenvalue weighted by molar-refractivity contribution is -0.149. The number of carbonyl (C=O) groups is 2. The molecular weight excluding hydrogens is 425 g/mol. The molecule has 2 rings (SSSR count). The third kappa shape index (κ3) is 6.79. The van der Waals surface area contributed by atoms with Crippen LogP contribution in [0.3, 0.4) is 0 Å². The largest absolute Gasteiger partial charge is 0.452 e. The number of hydrogen-bond acceptors (Lipinski definition) is 5. The molecule has 1 fully saturated rings. The molecule has 6 nitrogen and oxygen atoms in total. The second-order valence-corrected chi connectivity index (χ2v) is 10.2. The molecule has 0 N–H and O–H groups in total. The number of amides is 1. The Morgan fingerprint density at radius 1 is 1.32 bits per heavy atom. The predicted octanol–water partition coefficient (Wildman–Crippen LogP) is 3.22. The standard InChI is InChI=1S/C19H23Cl2NO5S/c1-13(2)10-22(16-7-8-28(25,26)12-16)18(23)11-27-19(24)6-4-14-3-5-15(20)9-17(14)21/h3-6,9,13,16H,7-8,10-12H2,1-2H3/b6-4+. The lowest BCUT2D eigenvalue weighted by atomic mass is 10.1. The van der Waals surface area contributed by atoms with Gasteiger partial charge in [-0.3, -0.25) is 4.79 Å². The van der Waals surface area contributed by atoms with Crippen molar-refractivity contribution in [1.82, 2.24) is 4.90 Å². The van der Waals surface area contributed by atoms with E-state index in [0.717, 1.165) is 0 Å². The van der Waals surface area contributed by atoms with Gasteiger partial charge >= 0.3 is 5.97 Å². The highest BCUT2D eigenvalue weighted by Gasteiger charge is 2.35. The first kappa shape index (κ1) is 22.7. The molecule has 1 aromatic rings. The highest BCUT2D eigenvalue weighted by Crippen LogP contribution is 2.22. The van der Waals surface area contributed by atoms with E-state index in [1.54, 1.807) is 18.2 Å². The molecule has 0 aromatic heterocycles. The normalized spacial score (nSPS) is 18.5. The van der Waals surface area contributed by atoms with Crippen LogP contribution in [-0.2, 0) is 24.2 Å². The van der Waals surface area contributed by atoms with Crippen LogP contribution in [0.15, 0.2) is 24.3 Å². The van der Waals surface area contributed by atoms with Crippen molar-refractivity contribution >= 4 is 51.0 Å². The summed E-state index contributed by atoms with van der Waals surface area (Å²) in [5.74, 6) is -0.905. The molecule has 0 radical (unpaired) electrons. The molecular formula is C19H23Cl2NO5S. The first-order valence-corrected chi connectivity index (χ1v) is 11.4. The van der Waals surface area contributed by atoms with E-state index in [1.165, 1.54) is 17.1 Å². The number of sulfone groups is 1. The van der Waals surface area contributed by atoms with Gasteiger partial charge in [0.25, 0.3) is 5.91 Å². The lowest BCUT2D eigenvalue weighted by Gasteiger charge is -2.29. The van der Waals surface area contributed by atoms with Gasteiger partial charge in [-0.1, -0.05) is 43.1 Å². The SMILES string of the molecule is CC(C)CN(C(=O)COC(=O)/C=C/c1ccc(Cl)cc1Cl)C1CCS(=O)(=O)C1. The topological polar surface area (TPSA) is 80.8 Å². The van der Waals surface area contributed by atoms with Crippen LogP contribution < -0.4 is 0 Å². The molecule has 0 saturated carbocycles. The third-order valence-electron chi connectivity index (χ3n) is 4.23. The van der Waals surface area contributed by atoms with Gasteiger partial charge in [-0.15, -0.1) is 0 Å². The van der Waals surface area contributed by atoms with Crippen LogP contribution >= 0.6 is 23.2 Å². The Kier molecular flexibility index (Phi) is 7.92. The molecule has 1 unspecified atom stereocenters. The van der Waals surface area contributed by atoms with E-state index >= 15 is 0 Å². The quantitative estimate of drug-likeness (QED) is 0.473. The van der Waals surface area contributed by atoms with Gasteiger partial charge in [-0.2, -0.15) is 0 Å². The summed E-state index contributed by atoms with van der Waals surface area (Å²) in [6.45, 7) is 3.84. The van der Waals surface area contributed by atoms with Crippen LogP contribution in [0.25, 0.3) is 6.08 Å². The van der Waals surface area contributed by atoms with Crippen LogP contribution in [0.5, 0.6) is 0 Å². The van der Waals surface area contributed by atoms with Gasteiger partial charge in [0.05, 0.1) is 11.5 Å². The summed E-state index contributed by atoms with van der Waals surface area (Å²) in [5, 5.41) is 0.868. The number of carbonyl (C=O) groups excluding carboxylic acids is 2. The molecule has 1 atom stereocenters. The Balaban J connectivity index is 1.95. The summed E-state index contributed by atoms with van der Waals surface area (Å²) < 4.78 is 28.5. The number of hydrogen-bond donors (Lipinski definition) is 0. The zero-order valence-electron chi connectivity index (χ0n) is 15.7. The maximum Gasteiger partial charge on any atom is 0.331 e. The molecule has 1 saturated heterocycles. The maximum absolute atomic E-state index is 12.5. The van der Waals surface area contributed by atoms with Crippen LogP contribution in [0.4, 0.5) is 0 Å². The Morgan fingerprint density at radius 2 is 2.04 bits per heavy atom. The average molecular weight is 448 g/mol. The van der Waals surface area contributed by atoms with Gasteiger partial charge in [-0.25, -0.2) is 13.2 Å². The van der Waals surface area contributed by atoms with E-state index < -0.39 is 28.3 Å². The fourth-order valence-corrected chi connectivity index (χ4v) is 5.13. The summed E-state index contributed by atoms with van der Waals surface area (Å²) in [6, 6.07) is 4.48. The minimum absolute atomic E-state index is 0.0472. The number of rotatable bonds is 7. The van der Waals surface area contributed by atoms with Gasteiger partial charge in [0.1, 0.15) is 0 Å². The molecule has 154 valence electrons. The smallest absolute Gasteiger partial charge is 0.331 e. The Hall–Kier alpha value is -1.57. The predicted molar refractivity (Wildman–Crippen MR) is 110 cm³/mol. The number of halogens is 2. The van der Waals surface area contributed by atoms with Crippen LogP contribution in [0.1, 0.15) is 25.8 Å². The number of benzene rings is 1. The van der Waals surface area contributed by atoms with Crippen molar-refractivity contribution in [3.05, 3.63) is 39.9 Å². The van der Waals surface area contributed by atoms with Crippen molar-refractivity contribution in [3.8, 4) is 0 Å². The molecule has 1 heterocycles. The monoisotopic (exact) mass is 447 g/mol. The van der Waals surface area contributed by atoms with Crippen molar-refractivity contribution < 1.29 is 22.7 Å². The third-order valence-corrected chi connectivity index (χ3v) is 6.54. The minimum atomic E-state index is -3.12. The first-order valence-electron chi connectivity index (χ1n) is 8.87. The van der Waals surface area contributed by atoms with E-state index in [0.29, 0.717) is 28.6 Å². The molecule has 9 heteroatoms. The zero-order chi connectivity index (χ0) is 20.9. The first-order chi connectivity index (χ1) is 13.1. The Morgan fingerprint density at radius 3 is 2.61 bits per heavy atom. The maximum atomic E-state index is 12.5. The summed E-state index contributed by atoms with van der Waals surface area (Å²) in [6.07, 6.45) is 3.06. The Labute approximate surface area is 175 Å². The van der Waals surface area contributed by atoms with Gasteiger partial charge in [-0.05, 0) is 36.1 Å². The molecule has 1 aliphatic heterocycles. The fraction of sp³-hybridized carbons (Fsp3) is 0.474. The second-order valence-electron chi connectivity index (χ2n) is 7.10. The molecule has 1 aromatic carbocycles. The van der Waals surface area contributed by atoms with E-state index in [4.69, 9.17) is 27.9 Å².